The Hall–Kier alpha value is -1.82. The topological polar surface area (TPSA) is 67.6 Å². The number of nitrogens with zero attached hydrogens (tertiary/aromatic N) is 2. The Morgan fingerprint density at radius 2 is 2.05 bits per heavy atom. The van der Waals surface area contributed by atoms with Crippen LogP contribution >= 0.6 is 0 Å². The van der Waals surface area contributed by atoms with E-state index in [1.54, 1.807) is 6.07 Å². The molecule has 1 aromatic carbocycles. The van der Waals surface area contributed by atoms with Gasteiger partial charge in [0.25, 0.3) is 0 Å². The van der Waals surface area contributed by atoms with Crippen molar-refractivity contribution in [3.05, 3.63) is 28.3 Å². The van der Waals surface area contributed by atoms with Crippen LogP contribution in [0.25, 0.3) is 0 Å². The fourth-order valence-electron chi connectivity index (χ4n) is 3.23. The zero-order valence-corrected chi connectivity index (χ0v) is 11.6. The maximum absolute atomic E-state index is 10.9. The smallest absolute Gasteiger partial charge is 0.311 e. The van der Waals surface area contributed by atoms with E-state index in [9.17, 15) is 10.1 Å². The fraction of sp³-hybridized carbons (Fsp3) is 0.571. The third kappa shape index (κ3) is 2.20. The maximum Gasteiger partial charge on any atom is 0.311 e. The highest BCUT2D eigenvalue weighted by molar-refractivity contribution is 5.60. The summed E-state index contributed by atoms with van der Waals surface area (Å²) < 4.78 is 5.12. The molecule has 0 radical (unpaired) electrons. The number of methoxy groups -OCH3 is 1. The standard InChI is InChI=1S/C14H19N3O3/c1-20-13-8-11(2-3-12(13)17(18)19)16-9-14(10-16)4-6-15-7-5-14/h2-3,8,15H,4-7,9-10H2,1H3. The molecule has 6 nitrogen and oxygen atoms in total. The summed E-state index contributed by atoms with van der Waals surface area (Å²) in [5.74, 6) is 0.332. The molecule has 0 aromatic heterocycles. The number of benzene rings is 1. The maximum atomic E-state index is 10.9. The number of anilines is 1. The average Bonchev–Trinajstić information content (AvgIpc) is 2.44. The number of ether oxygens (including phenoxy) is 1. The van der Waals surface area contributed by atoms with Crippen molar-refractivity contribution in [1.29, 1.82) is 0 Å². The lowest BCUT2D eigenvalue weighted by atomic mass is 9.72. The Bertz CT molecular complexity index is 518. The van der Waals surface area contributed by atoms with Crippen molar-refractivity contribution in [3.63, 3.8) is 0 Å². The molecule has 6 heteroatoms. The number of piperidine rings is 1. The van der Waals surface area contributed by atoms with Crippen molar-refractivity contribution >= 4 is 11.4 Å². The van der Waals surface area contributed by atoms with Gasteiger partial charge in [0.2, 0.25) is 0 Å². The van der Waals surface area contributed by atoms with Crippen molar-refractivity contribution in [2.45, 2.75) is 12.8 Å². The van der Waals surface area contributed by atoms with E-state index in [0.717, 1.165) is 31.9 Å². The molecule has 0 atom stereocenters. The van der Waals surface area contributed by atoms with Gasteiger partial charge in [0.15, 0.2) is 5.75 Å². The highest BCUT2D eigenvalue weighted by atomic mass is 16.6. The molecule has 0 saturated carbocycles. The van der Waals surface area contributed by atoms with Crippen LogP contribution in [0.4, 0.5) is 11.4 Å². The van der Waals surface area contributed by atoms with Crippen LogP contribution in [0, 0.1) is 15.5 Å². The van der Waals surface area contributed by atoms with Gasteiger partial charge in [0, 0.05) is 36.3 Å². The molecule has 2 aliphatic heterocycles. The van der Waals surface area contributed by atoms with Crippen LogP contribution in [0.15, 0.2) is 18.2 Å². The molecule has 2 aliphatic rings. The van der Waals surface area contributed by atoms with Gasteiger partial charge >= 0.3 is 5.69 Å². The highest BCUT2D eigenvalue weighted by Gasteiger charge is 2.43. The van der Waals surface area contributed by atoms with Gasteiger partial charge in [-0.3, -0.25) is 10.1 Å². The molecule has 3 rings (SSSR count). The Morgan fingerprint density at radius 3 is 2.65 bits per heavy atom. The highest BCUT2D eigenvalue weighted by Crippen LogP contribution is 2.42. The van der Waals surface area contributed by atoms with Gasteiger partial charge in [-0.05, 0) is 32.0 Å². The lowest BCUT2D eigenvalue weighted by Crippen LogP contribution is -2.60. The second-order valence-corrected chi connectivity index (χ2v) is 5.72. The van der Waals surface area contributed by atoms with E-state index in [4.69, 9.17) is 4.74 Å². The molecule has 2 saturated heterocycles. The normalized spacial score (nSPS) is 20.6. The first-order valence-corrected chi connectivity index (χ1v) is 6.92. The van der Waals surface area contributed by atoms with E-state index in [-0.39, 0.29) is 5.69 Å². The zero-order chi connectivity index (χ0) is 14.2. The molecule has 20 heavy (non-hydrogen) atoms. The van der Waals surface area contributed by atoms with E-state index in [1.807, 2.05) is 6.07 Å². The number of hydrogen-bond acceptors (Lipinski definition) is 5. The molecule has 1 N–H and O–H groups in total. The Labute approximate surface area is 117 Å². The van der Waals surface area contributed by atoms with Gasteiger partial charge < -0.3 is 15.0 Å². The van der Waals surface area contributed by atoms with Gasteiger partial charge in [-0.25, -0.2) is 0 Å². The summed E-state index contributed by atoms with van der Waals surface area (Å²) in [5, 5.41) is 14.3. The molecule has 1 spiro atoms. The first-order chi connectivity index (χ1) is 9.63. The lowest BCUT2D eigenvalue weighted by Gasteiger charge is -2.53. The van der Waals surface area contributed by atoms with Gasteiger partial charge in [0.05, 0.1) is 12.0 Å². The van der Waals surface area contributed by atoms with Gasteiger partial charge in [-0.15, -0.1) is 0 Å². The largest absolute Gasteiger partial charge is 0.490 e. The van der Waals surface area contributed by atoms with Crippen LogP contribution in [-0.2, 0) is 0 Å². The second-order valence-electron chi connectivity index (χ2n) is 5.72. The van der Waals surface area contributed by atoms with Crippen LogP contribution in [0.3, 0.4) is 0 Å². The minimum absolute atomic E-state index is 0.0216. The van der Waals surface area contributed by atoms with Crippen molar-refractivity contribution in [3.8, 4) is 5.75 Å². The van der Waals surface area contributed by atoms with Gasteiger partial charge in [0.1, 0.15) is 0 Å². The van der Waals surface area contributed by atoms with E-state index >= 15 is 0 Å². The number of nitro groups is 1. The van der Waals surface area contributed by atoms with Crippen molar-refractivity contribution in [1.82, 2.24) is 5.32 Å². The molecule has 0 aliphatic carbocycles. The van der Waals surface area contributed by atoms with E-state index in [2.05, 4.69) is 10.2 Å². The number of nitrogens with one attached hydrogen (secondary N) is 1. The minimum atomic E-state index is -0.410. The minimum Gasteiger partial charge on any atom is -0.490 e. The Morgan fingerprint density at radius 1 is 1.35 bits per heavy atom. The molecular weight excluding hydrogens is 258 g/mol. The predicted octanol–water partition coefficient (Wildman–Crippen LogP) is 1.79. The van der Waals surface area contributed by atoms with E-state index in [1.165, 1.54) is 26.0 Å². The van der Waals surface area contributed by atoms with E-state index in [0.29, 0.717) is 11.2 Å². The van der Waals surface area contributed by atoms with Crippen LogP contribution in [-0.4, -0.2) is 38.2 Å². The summed E-state index contributed by atoms with van der Waals surface area (Å²) in [6.45, 7) is 4.26. The summed E-state index contributed by atoms with van der Waals surface area (Å²) in [7, 11) is 1.47. The Kier molecular flexibility index (Phi) is 3.25. The number of rotatable bonds is 3. The third-order valence-corrected chi connectivity index (χ3v) is 4.44. The average molecular weight is 277 g/mol. The molecule has 2 fully saturated rings. The summed E-state index contributed by atoms with van der Waals surface area (Å²) in [6, 6.07) is 5.11. The summed E-state index contributed by atoms with van der Waals surface area (Å²) in [6.07, 6.45) is 2.43. The SMILES string of the molecule is COc1cc(N2CC3(CCNCC3)C2)ccc1[N+](=O)[O-]. The fourth-order valence-corrected chi connectivity index (χ4v) is 3.23. The quantitative estimate of drug-likeness (QED) is 0.674. The second kappa shape index (κ2) is 4.94. The molecule has 0 bridgehead atoms. The Balaban J connectivity index is 1.74. The molecule has 1 aromatic rings. The first kappa shape index (κ1) is 13.2. The lowest BCUT2D eigenvalue weighted by molar-refractivity contribution is -0.385. The predicted molar refractivity (Wildman–Crippen MR) is 76.4 cm³/mol. The molecule has 0 unspecified atom stereocenters. The zero-order valence-electron chi connectivity index (χ0n) is 11.6. The summed E-state index contributed by atoms with van der Waals surface area (Å²) in [4.78, 5) is 12.8. The molecular formula is C14H19N3O3. The summed E-state index contributed by atoms with van der Waals surface area (Å²) in [5.41, 5.74) is 1.48. The number of hydrogen-bond donors (Lipinski definition) is 1. The van der Waals surface area contributed by atoms with Crippen molar-refractivity contribution < 1.29 is 9.66 Å². The number of nitro benzene ring substituents is 1. The van der Waals surface area contributed by atoms with Gasteiger partial charge in [-0.1, -0.05) is 0 Å². The van der Waals surface area contributed by atoms with Gasteiger partial charge in [-0.2, -0.15) is 0 Å². The third-order valence-electron chi connectivity index (χ3n) is 4.44. The van der Waals surface area contributed by atoms with Crippen LogP contribution in [0.1, 0.15) is 12.8 Å². The molecule has 0 amide bonds. The first-order valence-electron chi connectivity index (χ1n) is 6.92. The monoisotopic (exact) mass is 277 g/mol. The van der Waals surface area contributed by atoms with Crippen LogP contribution in [0.2, 0.25) is 0 Å². The van der Waals surface area contributed by atoms with Crippen molar-refractivity contribution in [2.24, 2.45) is 5.41 Å². The molecule has 2 heterocycles. The van der Waals surface area contributed by atoms with Crippen LogP contribution < -0.4 is 15.0 Å². The summed E-state index contributed by atoms with van der Waals surface area (Å²) >= 11 is 0. The molecule has 108 valence electrons. The van der Waals surface area contributed by atoms with Crippen molar-refractivity contribution in [2.75, 3.05) is 38.2 Å². The van der Waals surface area contributed by atoms with Crippen LogP contribution in [0.5, 0.6) is 5.75 Å². The van der Waals surface area contributed by atoms with E-state index < -0.39 is 4.92 Å².